The molecule has 2 atom stereocenters. The van der Waals surface area contributed by atoms with Gasteiger partial charge in [0, 0.05) is 28.5 Å². The van der Waals surface area contributed by atoms with E-state index in [-0.39, 0.29) is 18.7 Å². The van der Waals surface area contributed by atoms with Gasteiger partial charge in [0.15, 0.2) is 5.13 Å². The first kappa shape index (κ1) is 13.0. The molecule has 0 saturated heterocycles. The van der Waals surface area contributed by atoms with Crippen LogP contribution in [0.4, 0.5) is 5.13 Å². The maximum Gasteiger partial charge on any atom is 0.230 e. The molecular formula is C11H10ClN2O3S-. The molecule has 1 aromatic heterocycles. The van der Waals surface area contributed by atoms with Crippen molar-refractivity contribution in [2.75, 3.05) is 5.32 Å². The molecule has 7 heteroatoms. The van der Waals surface area contributed by atoms with Crippen molar-refractivity contribution >= 4 is 39.9 Å². The molecule has 0 aliphatic heterocycles. The SMILES string of the molecule is O=C([O-])[C@@H]1CC=C(Cl)C[C@H]1C(=O)Nc1nccs1. The third kappa shape index (κ3) is 2.88. The molecule has 0 bridgehead atoms. The molecule has 5 nitrogen and oxygen atoms in total. The lowest BCUT2D eigenvalue weighted by Crippen LogP contribution is -2.42. The van der Waals surface area contributed by atoms with Crippen LogP contribution < -0.4 is 10.4 Å². The number of amides is 1. The van der Waals surface area contributed by atoms with Gasteiger partial charge in [-0.1, -0.05) is 17.7 Å². The van der Waals surface area contributed by atoms with Gasteiger partial charge in [0.25, 0.3) is 0 Å². The monoisotopic (exact) mass is 285 g/mol. The minimum Gasteiger partial charge on any atom is -0.550 e. The van der Waals surface area contributed by atoms with Gasteiger partial charge in [0.1, 0.15) is 0 Å². The van der Waals surface area contributed by atoms with Crippen LogP contribution in [0.15, 0.2) is 22.7 Å². The van der Waals surface area contributed by atoms with Crippen LogP contribution in [0.5, 0.6) is 0 Å². The molecule has 1 aliphatic carbocycles. The highest BCUT2D eigenvalue weighted by Crippen LogP contribution is 2.32. The summed E-state index contributed by atoms with van der Waals surface area (Å²) in [6, 6.07) is 0. The Labute approximate surface area is 112 Å². The summed E-state index contributed by atoms with van der Waals surface area (Å²) in [6.07, 6.45) is 3.62. The van der Waals surface area contributed by atoms with Crippen LogP contribution in [0.3, 0.4) is 0 Å². The third-order valence-corrected chi connectivity index (χ3v) is 3.79. The second-order valence-electron chi connectivity index (χ2n) is 3.95. The molecule has 2 rings (SSSR count). The van der Waals surface area contributed by atoms with E-state index >= 15 is 0 Å². The number of rotatable bonds is 3. The maximum absolute atomic E-state index is 12.0. The topological polar surface area (TPSA) is 82.1 Å². The quantitative estimate of drug-likeness (QED) is 0.897. The Hall–Kier alpha value is -1.40. The van der Waals surface area contributed by atoms with Crippen molar-refractivity contribution in [1.82, 2.24) is 4.98 Å². The lowest BCUT2D eigenvalue weighted by molar-refractivity contribution is -0.313. The number of carbonyl (C=O) groups is 2. The number of halogens is 1. The Bertz CT molecular complexity index is 486. The number of carboxylic acids is 1. The average Bonchev–Trinajstić information content (AvgIpc) is 2.81. The zero-order chi connectivity index (χ0) is 13.1. The first-order valence-electron chi connectivity index (χ1n) is 5.33. The van der Waals surface area contributed by atoms with Crippen molar-refractivity contribution in [3.8, 4) is 0 Å². The Morgan fingerprint density at radius 2 is 2.28 bits per heavy atom. The molecule has 1 heterocycles. The van der Waals surface area contributed by atoms with Crippen LogP contribution in [-0.4, -0.2) is 16.9 Å². The molecule has 0 radical (unpaired) electrons. The highest BCUT2D eigenvalue weighted by Gasteiger charge is 2.32. The molecule has 1 aromatic rings. The van der Waals surface area contributed by atoms with E-state index in [1.165, 1.54) is 11.3 Å². The summed E-state index contributed by atoms with van der Waals surface area (Å²) < 4.78 is 0. The number of aromatic nitrogens is 1. The molecule has 0 unspecified atom stereocenters. The molecule has 18 heavy (non-hydrogen) atoms. The largest absolute Gasteiger partial charge is 0.550 e. The highest BCUT2D eigenvalue weighted by atomic mass is 35.5. The third-order valence-electron chi connectivity index (χ3n) is 2.80. The number of hydrogen-bond acceptors (Lipinski definition) is 5. The second-order valence-corrected chi connectivity index (χ2v) is 5.33. The number of nitrogens with one attached hydrogen (secondary N) is 1. The molecule has 96 valence electrons. The van der Waals surface area contributed by atoms with E-state index in [0.29, 0.717) is 10.2 Å². The Morgan fingerprint density at radius 3 is 2.89 bits per heavy atom. The molecule has 0 fully saturated rings. The van der Waals surface area contributed by atoms with Crippen LogP contribution in [0.2, 0.25) is 0 Å². The highest BCUT2D eigenvalue weighted by molar-refractivity contribution is 7.13. The van der Waals surface area contributed by atoms with Gasteiger partial charge in [0.2, 0.25) is 5.91 Å². The molecule has 0 aromatic carbocycles. The van der Waals surface area contributed by atoms with Crippen LogP contribution >= 0.6 is 22.9 Å². The summed E-state index contributed by atoms with van der Waals surface area (Å²) in [5.74, 6) is -3.16. The minimum absolute atomic E-state index is 0.219. The van der Waals surface area contributed by atoms with E-state index in [1.807, 2.05) is 0 Å². The van der Waals surface area contributed by atoms with E-state index in [9.17, 15) is 14.7 Å². The zero-order valence-corrected chi connectivity index (χ0v) is 10.8. The molecule has 1 amide bonds. The standard InChI is InChI=1S/C11H11ClN2O3S/c12-6-1-2-7(10(16)17)8(5-6)9(15)14-11-13-3-4-18-11/h1,3-4,7-8H,2,5H2,(H,16,17)(H,13,14,15)/p-1/t7-,8-/m1/s1. The van der Waals surface area contributed by atoms with E-state index in [2.05, 4.69) is 10.3 Å². The number of allylic oxidation sites excluding steroid dienone is 2. The van der Waals surface area contributed by atoms with E-state index < -0.39 is 17.8 Å². The van der Waals surface area contributed by atoms with Gasteiger partial charge in [-0.2, -0.15) is 0 Å². The molecule has 1 aliphatic rings. The van der Waals surface area contributed by atoms with Crippen molar-refractivity contribution in [3.05, 3.63) is 22.7 Å². The predicted octanol–water partition coefficient (Wildman–Crippen LogP) is 0.980. The summed E-state index contributed by atoms with van der Waals surface area (Å²) in [7, 11) is 0. The minimum atomic E-state index is -1.23. The first-order valence-corrected chi connectivity index (χ1v) is 6.59. The van der Waals surface area contributed by atoms with Gasteiger partial charge in [-0.05, 0) is 12.8 Å². The summed E-state index contributed by atoms with van der Waals surface area (Å²) in [6.45, 7) is 0. The Balaban J connectivity index is 2.11. The van der Waals surface area contributed by atoms with Gasteiger partial charge in [-0.25, -0.2) is 4.98 Å². The maximum atomic E-state index is 12.0. The van der Waals surface area contributed by atoms with Crippen LogP contribution in [0.25, 0.3) is 0 Å². The Morgan fingerprint density at radius 1 is 1.50 bits per heavy atom. The summed E-state index contributed by atoms with van der Waals surface area (Å²) >= 11 is 7.13. The average molecular weight is 286 g/mol. The van der Waals surface area contributed by atoms with E-state index in [4.69, 9.17) is 11.6 Å². The van der Waals surface area contributed by atoms with E-state index in [0.717, 1.165) is 0 Å². The van der Waals surface area contributed by atoms with Crippen LogP contribution in [0.1, 0.15) is 12.8 Å². The number of carboxylic acid groups (broad SMARTS) is 1. The normalized spacial score (nSPS) is 23.3. The lowest BCUT2D eigenvalue weighted by Gasteiger charge is -2.29. The molecule has 1 N–H and O–H groups in total. The van der Waals surface area contributed by atoms with Gasteiger partial charge >= 0.3 is 0 Å². The lowest BCUT2D eigenvalue weighted by atomic mass is 9.82. The fourth-order valence-corrected chi connectivity index (χ4v) is 2.66. The van der Waals surface area contributed by atoms with Crippen molar-refractivity contribution < 1.29 is 14.7 Å². The number of nitrogens with zero attached hydrogens (tertiary/aromatic N) is 1. The molecule has 0 spiro atoms. The number of thiazole rings is 1. The summed E-state index contributed by atoms with van der Waals surface area (Å²) in [5.41, 5.74) is 0. The first-order chi connectivity index (χ1) is 8.58. The van der Waals surface area contributed by atoms with Crippen molar-refractivity contribution in [2.45, 2.75) is 12.8 Å². The number of carbonyl (C=O) groups excluding carboxylic acids is 2. The number of anilines is 1. The fraction of sp³-hybridized carbons (Fsp3) is 0.364. The van der Waals surface area contributed by atoms with Gasteiger partial charge < -0.3 is 15.2 Å². The fourth-order valence-electron chi connectivity index (χ4n) is 1.87. The zero-order valence-electron chi connectivity index (χ0n) is 9.26. The summed E-state index contributed by atoms with van der Waals surface area (Å²) in [4.78, 5) is 26.9. The van der Waals surface area contributed by atoms with Gasteiger partial charge in [-0.15, -0.1) is 11.3 Å². The van der Waals surface area contributed by atoms with Crippen molar-refractivity contribution in [1.29, 1.82) is 0 Å². The van der Waals surface area contributed by atoms with Gasteiger partial charge in [0.05, 0.1) is 5.92 Å². The number of aliphatic carboxylic acids is 1. The predicted molar refractivity (Wildman–Crippen MR) is 65.9 cm³/mol. The number of hydrogen-bond donors (Lipinski definition) is 1. The van der Waals surface area contributed by atoms with Gasteiger partial charge in [-0.3, -0.25) is 4.79 Å². The second kappa shape index (κ2) is 5.49. The van der Waals surface area contributed by atoms with Crippen LogP contribution in [-0.2, 0) is 9.59 Å². The molecule has 0 saturated carbocycles. The Kier molecular flexibility index (Phi) is 3.98. The van der Waals surface area contributed by atoms with Crippen LogP contribution in [0, 0.1) is 11.8 Å². The van der Waals surface area contributed by atoms with Crippen molar-refractivity contribution in [3.63, 3.8) is 0 Å². The van der Waals surface area contributed by atoms with Crippen molar-refractivity contribution in [2.24, 2.45) is 11.8 Å². The summed E-state index contributed by atoms with van der Waals surface area (Å²) in [5, 5.41) is 16.3. The molecular weight excluding hydrogens is 276 g/mol. The smallest absolute Gasteiger partial charge is 0.230 e. The van der Waals surface area contributed by atoms with E-state index in [1.54, 1.807) is 17.7 Å².